The third kappa shape index (κ3) is 9.92. The van der Waals surface area contributed by atoms with E-state index < -0.39 is 0 Å². The molecule has 0 aliphatic heterocycles. The fraction of sp³-hybridized carbons (Fsp3) is 0.690. The summed E-state index contributed by atoms with van der Waals surface area (Å²) in [5.41, 5.74) is 2.22. The van der Waals surface area contributed by atoms with Gasteiger partial charge in [0.25, 0.3) is 0 Å². The molecule has 0 bridgehead atoms. The fourth-order valence-corrected chi connectivity index (χ4v) is 4.57. The van der Waals surface area contributed by atoms with Gasteiger partial charge in [0.05, 0.1) is 12.6 Å². The van der Waals surface area contributed by atoms with Crippen molar-refractivity contribution in [3.63, 3.8) is 0 Å². The number of hydrogen-bond acceptors (Lipinski definition) is 3. The minimum atomic E-state index is 0.212. The second-order valence-electron chi connectivity index (χ2n) is 9.85. The number of methoxy groups -OCH3 is 1. The summed E-state index contributed by atoms with van der Waals surface area (Å²) in [6.45, 7) is 3.24. The lowest BCUT2D eigenvalue weighted by Gasteiger charge is -2.08. The third-order valence-corrected chi connectivity index (χ3v) is 6.69. The molecule has 1 heterocycles. The third-order valence-electron chi connectivity index (χ3n) is 6.69. The van der Waals surface area contributed by atoms with E-state index >= 15 is 0 Å². The molecule has 0 amide bonds. The highest BCUT2D eigenvalue weighted by molar-refractivity contribution is 5.95. The predicted octanol–water partition coefficient (Wildman–Crippen LogP) is 7.88. The second kappa shape index (κ2) is 15.9. The van der Waals surface area contributed by atoms with Crippen molar-refractivity contribution in [3.05, 3.63) is 30.0 Å². The van der Waals surface area contributed by atoms with Crippen LogP contribution in [-0.2, 0) is 6.42 Å². The number of aromatic nitrogens is 1. The number of likely N-dealkylation sites (N-methyl/N-ethyl adjacent to an activating group) is 1. The van der Waals surface area contributed by atoms with E-state index in [1.54, 1.807) is 7.11 Å². The number of carbonyl (C=O) groups excluding carboxylic acids is 1. The molecule has 33 heavy (non-hydrogen) atoms. The normalized spacial score (nSPS) is 11.5. The van der Waals surface area contributed by atoms with Crippen LogP contribution in [0.4, 0.5) is 0 Å². The van der Waals surface area contributed by atoms with Crippen molar-refractivity contribution in [2.24, 2.45) is 0 Å². The van der Waals surface area contributed by atoms with Crippen molar-refractivity contribution >= 4 is 16.8 Å². The van der Waals surface area contributed by atoms with Gasteiger partial charge in [0.15, 0.2) is 0 Å². The summed E-state index contributed by atoms with van der Waals surface area (Å²) in [6.07, 6.45) is 20.8. The number of hydrogen-bond donors (Lipinski definition) is 0. The zero-order valence-electron chi connectivity index (χ0n) is 21.8. The molecule has 1 aromatic heterocycles. The van der Waals surface area contributed by atoms with Gasteiger partial charge in [0.1, 0.15) is 5.75 Å². The van der Waals surface area contributed by atoms with E-state index in [-0.39, 0.29) is 5.91 Å². The minimum Gasteiger partial charge on any atom is -0.497 e. The lowest BCUT2D eigenvalue weighted by atomic mass is 10.0. The number of benzene rings is 1. The molecule has 0 spiro atoms. The van der Waals surface area contributed by atoms with Crippen LogP contribution < -0.4 is 4.74 Å². The molecular formula is C29H48N2O2. The number of rotatable bonds is 18. The topological polar surface area (TPSA) is 34.5 Å². The highest BCUT2D eigenvalue weighted by Gasteiger charge is 2.14. The summed E-state index contributed by atoms with van der Waals surface area (Å²) in [7, 11) is 5.86. The lowest BCUT2D eigenvalue weighted by molar-refractivity contribution is 0.0904. The maximum Gasteiger partial charge on any atom is 0.231 e. The Morgan fingerprint density at radius 3 is 2.00 bits per heavy atom. The fourth-order valence-electron chi connectivity index (χ4n) is 4.57. The Balaban J connectivity index is 1.71. The standard InChI is InChI=1S/C29H48N2O2/c1-5-6-7-8-9-10-11-12-13-14-15-16-17-18-29(32)31-24-25(21-22-30(2)3)27-23-26(33-4)19-20-28(27)31/h19-20,23-24H,5-18,21-22H2,1-4H3. The molecule has 0 atom stereocenters. The average molecular weight is 457 g/mol. The summed E-state index contributed by atoms with van der Waals surface area (Å²) >= 11 is 0. The molecule has 0 saturated heterocycles. The van der Waals surface area contributed by atoms with Crippen molar-refractivity contribution in [1.82, 2.24) is 9.47 Å². The maximum absolute atomic E-state index is 13.0. The summed E-state index contributed by atoms with van der Waals surface area (Å²) < 4.78 is 7.30. The van der Waals surface area contributed by atoms with Crippen LogP contribution in [0.25, 0.3) is 10.9 Å². The molecule has 0 radical (unpaired) electrons. The average Bonchev–Trinajstić information content (AvgIpc) is 3.18. The second-order valence-corrected chi connectivity index (χ2v) is 9.85. The van der Waals surface area contributed by atoms with Crippen molar-refractivity contribution in [2.75, 3.05) is 27.7 Å². The number of ether oxygens (including phenoxy) is 1. The summed E-state index contributed by atoms with van der Waals surface area (Å²) in [6, 6.07) is 6.04. The Bertz CT molecular complexity index is 809. The van der Waals surface area contributed by atoms with Gasteiger partial charge in [0.2, 0.25) is 5.91 Å². The highest BCUT2D eigenvalue weighted by Crippen LogP contribution is 2.27. The first-order chi connectivity index (χ1) is 16.1. The smallest absolute Gasteiger partial charge is 0.231 e. The zero-order chi connectivity index (χ0) is 23.9. The van der Waals surface area contributed by atoms with Gasteiger partial charge in [-0.1, -0.05) is 84.0 Å². The summed E-state index contributed by atoms with van der Waals surface area (Å²) in [4.78, 5) is 15.2. The van der Waals surface area contributed by atoms with Gasteiger partial charge in [-0.05, 0) is 50.7 Å². The zero-order valence-corrected chi connectivity index (χ0v) is 21.8. The molecule has 186 valence electrons. The number of nitrogens with zero attached hydrogens (tertiary/aromatic N) is 2. The molecule has 0 aliphatic rings. The van der Waals surface area contributed by atoms with Crippen LogP contribution in [-0.4, -0.2) is 43.1 Å². The van der Waals surface area contributed by atoms with Gasteiger partial charge in [-0.25, -0.2) is 0 Å². The van der Waals surface area contributed by atoms with E-state index in [1.807, 2.05) is 16.7 Å². The van der Waals surface area contributed by atoms with E-state index in [9.17, 15) is 4.79 Å². The van der Waals surface area contributed by atoms with Crippen molar-refractivity contribution < 1.29 is 9.53 Å². The molecule has 4 heteroatoms. The van der Waals surface area contributed by atoms with Gasteiger partial charge in [-0.15, -0.1) is 0 Å². The van der Waals surface area contributed by atoms with Crippen molar-refractivity contribution in [2.45, 2.75) is 103 Å². The van der Waals surface area contributed by atoms with Crippen LogP contribution in [0.15, 0.2) is 24.4 Å². The Morgan fingerprint density at radius 2 is 1.45 bits per heavy atom. The van der Waals surface area contributed by atoms with Gasteiger partial charge in [-0.2, -0.15) is 0 Å². The molecule has 0 unspecified atom stereocenters. The number of fused-ring (bicyclic) bond motifs is 1. The number of unbranched alkanes of at least 4 members (excludes halogenated alkanes) is 12. The molecule has 0 aliphatic carbocycles. The van der Waals surface area contributed by atoms with Crippen LogP contribution in [0.5, 0.6) is 5.75 Å². The van der Waals surface area contributed by atoms with E-state index in [4.69, 9.17) is 4.74 Å². The molecule has 0 N–H and O–H groups in total. The van der Waals surface area contributed by atoms with Crippen molar-refractivity contribution in [1.29, 1.82) is 0 Å². The van der Waals surface area contributed by atoms with Crippen LogP contribution >= 0.6 is 0 Å². The Morgan fingerprint density at radius 1 is 0.879 bits per heavy atom. The van der Waals surface area contributed by atoms with Gasteiger partial charge in [0, 0.05) is 24.5 Å². The lowest BCUT2D eigenvalue weighted by Crippen LogP contribution is -2.15. The largest absolute Gasteiger partial charge is 0.497 e. The van der Waals surface area contributed by atoms with E-state index in [1.165, 1.54) is 76.2 Å². The SMILES string of the molecule is CCCCCCCCCCCCCCCC(=O)n1cc(CCN(C)C)c2cc(OC)ccc21. The van der Waals surface area contributed by atoms with E-state index in [2.05, 4.69) is 38.2 Å². The first-order valence-corrected chi connectivity index (χ1v) is 13.4. The van der Waals surface area contributed by atoms with Crippen LogP contribution in [0.1, 0.15) is 107 Å². The van der Waals surface area contributed by atoms with Crippen molar-refractivity contribution in [3.8, 4) is 5.75 Å². The van der Waals surface area contributed by atoms with Crippen LogP contribution in [0.2, 0.25) is 0 Å². The van der Waals surface area contributed by atoms with E-state index in [0.717, 1.165) is 42.5 Å². The van der Waals surface area contributed by atoms with Gasteiger partial charge < -0.3 is 9.64 Å². The highest BCUT2D eigenvalue weighted by atomic mass is 16.5. The Kier molecular flexibility index (Phi) is 13.2. The first kappa shape index (κ1) is 27.4. The molecule has 2 rings (SSSR count). The number of carbonyl (C=O) groups is 1. The van der Waals surface area contributed by atoms with Crippen LogP contribution in [0.3, 0.4) is 0 Å². The van der Waals surface area contributed by atoms with Gasteiger partial charge in [-0.3, -0.25) is 9.36 Å². The minimum absolute atomic E-state index is 0.212. The molecule has 4 nitrogen and oxygen atoms in total. The molecular weight excluding hydrogens is 408 g/mol. The Labute approximate surface area is 202 Å². The molecule has 0 fully saturated rings. The molecule has 1 aromatic carbocycles. The van der Waals surface area contributed by atoms with Gasteiger partial charge >= 0.3 is 0 Å². The maximum atomic E-state index is 13.0. The molecule has 2 aromatic rings. The van der Waals surface area contributed by atoms with E-state index in [0.29, 0.717) is 6.42 Å². The molecule has 0 saturated carbocycles. The monoisotopic (exact) mass is 456 g/mol. The van der Waals surface area contributed by atoms with Crippen LogP contribution in [0, 0.1) is 0 Å². The summed E-state index contributed by atoms with van der Waals surface area (Å²) in [5.74, 6) is 1.06. The summed E-state index contributed by atoms with van der Waals surface area (Å²) in [5, 5.41) is 1.13. The first-order valence-electron chi connectivity index (χ1n) is 13.4. The quantitative estimate of drug-likeness (QED) is 0.214. The predicted molar refractivity (Wildman–Crippen MR) is 142 cm³/mol. The Hall–Kier alpha value is -1.81.